The zero-order valence-corrected chi connectivity index (χ0v) is 23.4. The number of hydrogen-bond donors (Lipinski definition) is 2. The average Bonchev–Trinajstić information content (AvgIpc) is 2.97. The average molecular weight is 536 g/mol. The predicted octanol–water partition coefficient (Wildman–Crippen LogP) is 5.11. The second-order valence-corrected chi connectivity index (χ2v) is 10.5. The Kier molecular flexibility index (Phi) is 13.5. The number of carbonyl (C=O) groups excluding carboxylic acids is 3. The SMILES string of the molecule is CCCCCCOC(=O)[C@H](CCC(=O)NCCC1CCN(Cc2ccccc2)CC1)NC(=O)c1ccccc1. The summed E-state index contributed by atoms with van der Waals surface area (Å²) in [5, 5.41) is 5.78. The third kappa shape index (κ3) is 11.6. The number of nitrogens with zero attached hydrogens (tertiary/aromatic N) is 1. The molecular formula is C32H45N3O4. The molecule has 39 heavy (non-hydrogen) atoms. The molecular weight excluding hydrogens is 490 g/mol. The number of hydrogen-bond acceptors (Lipinski definition) is 5. The maximum atomic E-state index is 12.7. The van der Waals surface area contributed by atoms with Crippen LogP contribution in [0.5, 0.6) is 0 Å². The molecule has 0 aliphatic carbocycles. The third-order valence-electron chi connectivity index (χ3n) is 7.36. The highest BCUT2D eigenvalue weighted by atomic mass is 16.5. The molecule has 1 heterocycles. The number of amides is 2. The molecule has 0 aromatic heterocycles. The van der Waals surface area contributed by atoms with Crippen LogP contribution >= 0.6 is 0 Å². The van der Waals surface area contributed by atoms with E-state index in [1.165, 1.54) is 5.56 Å². The minimum absolute atomic E-state index is 0.105. The van der Waals surface area contributed by atoms with E-state index in [0.29, 0.717) is 24.6 Å². The largest absolute Gasteiger partial charge is 0.464 e. The highest BCUT2D eigenvalue weighted by Crippen LogP contribution is 2.21. The number of unbranched alkanes of at least 4 members (excludes halogenated alkanes) is 3. The summed E-state index contributed by atoms with van der Waals surface area (Å²) in [6.45, 7) is 6.24. The lowest BCUT2D eigenvalue weighted by atomic mass is 9.93. The van der Waals surface area contributed by atoms with Crippen LogP contribution in [0.15, 0.2) is 60.7 Å². The zero-order valence-electron chi connectivity index (χ0n) is 23.4. The molecule has 1 aliphatic rings. The molecule has 1 atom stereocenters. The molecule has 2 aromatic rings. The lowest BCUT2D eigenvalue weighted by Crippen LogP contribution is -2.43. The molecule has 7 heteroatoms. The second-order valence-electron chi connectivity index (χ2n) is 10.5. The quantitative estimate of drug-likeness (QED) is 0.230. The second kappa shape index (κ2) is 17.4. The van der Waals surface area contributed by atoms with Crippen molar-refractivity contribution < 1.29 is 19.1 Å². The van der Waals surface area contributed by atoms with Crippen molar-refractivity contribution in [3.63, 3.8) is 0 Å². The molecule has 0 radical (unpaired) electrons. The Bertz CT molecular complexity index is 991. The van der Waals surface area contributed by atoms with Crippen molar-refractivity contribution in [3.05, 3.63) is 71.8 Å². The Labute approximate surface area is 233 Å². The van der Waals surface area contributed by atoms with Crippen LogP contribution in [0.3, 0.4) is 0 Å². The van der Waals surface area contributed by atoms with Crippen molar-refractivity contribution in [2.45, 2.75) is 77.3 Å². The molecule has 1 fully saturated rings. The van der Waals surface area contributed by atoms with Crippen molar-refractivity contribution in [1.29, 1.82) is 0 Å². The topological polar surface area (TPSA) is 87.7 Å². The van der Waals surface area contributed by atoms with Gasteiger partial charge in [0.2, 0.25) is 5.91 Å². The fraction of sp³-hybridized carbons (Fsp3) is 0.531. The molecule has 2 amide bonds. The summed E-state index contributed by atoms with van der Waals surface area (Å²) in [6.07, 6.45) is 7.59. The van der Waals surface area contributed by atoms with Gasteiger partial charge in [-0.2, -0.15) is 0 Å². The summed E-state index contributed by atoms with van der Waals surface area (Å²) in [5.41, 5.74) is 1.82. The van der Waals surface area contributed by atoms with Gasteiger partial charge in [0.15, 0.2) is 0 Å². The fourth-order valence-electron chi connectivity index (χ4n) is 4.94. The van der Waals surface area contributed by atoms with E-state index in [9.17, 15) is 14.4 Å². The number of piperidine rings is 1. The number of nitrogens with one attached hydrogen (secondary N) is 2. The van der Waals surface area contributed by atoms with Crippen molar-refractivity contribution in [2.75, 3.05) is 26.2 Å². The van der Waals surface area contributed by atoms with E-state index in [0.717, 1.165) is 64.6 Å². The number of carbonyl (C=O) groups is 3. The minimum atomic E-state index is -0.858. The van der Waals surface area contributed by atoms with Crippen molar-refractivity contribution in [1.82, 2.24) is 15.5 Å². The smallest absolute Gasteiger partial charge is 0.328 e. The molecule has 3 rings (SSSR count). The van der Waals surface area contributed by atoms with Gasteiger partial charge in [-0.25, -0.2) is 4.79 Å². The van der Waals surface area contributed by atoms with Gasteiger partial charge in [0, 0.05) is 25.1 Å². The van der Waals surface area contributed by atoms with Crippen LogP contribution in [-0.4, -0.2) is 55.0 Å². The molecule has 0 bridgehead atoms. The van der Waals surface area contributed by atoms with Crippen LogP contribution in [0.4, 0.5) is 0 Å². The number of likely N-dealkylation sites (tertiary alicyclic amines) is 1. The zero-order chi connectivity index (χ0) is 27.7. The van der Waals surface area contributed by atoms with E-state index in [4.69, 9.17) is 4.74 Å². The summed E-state index contributed by atoms with van der Waals surface area (Å²) in [5.74, 6) is -0.322. The van der Waals surface area contributed by atoms with Crippen LogP contribution in [-0.2, 0) is 20.9 Å². The molecule has 2 N–H and O–H groups in total. The predicted molar refractivity (Wildman–Crippen MR) is 154 cm³/mol. The molecule has 0 spiro atoms. The van der Waals surface area contributed by atoms with Crippen LogP contribution < -0.4 is 10.6 Å². The first-order chi connectivity index (χ1) is 19.0. The number of benzene rings is 2. The summed E-state index contributed by atoms with van der Waals surface area (Å²) in [7, 11) is 0. The van der Waals surface area contributed by atoms with E-state index in [-0.39, 0.29) is 24.7 Å². The fourth-order valence-corrected chi connectivity index (χ4v) is 4.94. The van der Waals surface area contributed by atoms with Crippen LogP contribution in [0, 0.1) is 5.92 Å². The third-order valence-corrected chi connectivity index (χ3v) is 7.36. The molecule has 7 nitrogen and oxygen atoms in total. The first-order valence-electron chi connectivity index (χ1n) is 14.6. The lowest BCUT2D eigenvalue weighted by Gasteiger charge is -2.32. The van der Waals surface area contributed by atoms with E-state index in [1.807, 2.05) is 12.1 Å². The highest BCUT2D eigenvalue weighted by molar-refractivity contribution is 5.96. The van der Waals surface area contributed by atoms with E-state index in [2.05, 4.69) is 46.7 Å². The Hall–Kier alpha value is -3.19. The standard InChI is InChI=1S/C32H45N3O4/c1-2-3-4-11-24-39-32(38)29(34-31(37)28-14-9-6-10-15-28)16-17-30(36)33-21-18-26-19-22-35(23-20-26)25-27-12-7-5-8-13-27/h5-10,12-15,26,29H,2-4,11,16-25H2,1H3,(H,33,36)(H,34,37)/t29-/m0/s1. The maximum absolute atomic E-state index is 12.7. The number of rotatable bonds is 16. The highest BCUT2D eigenvalue weighted by Gasteiger charge is 2.24. The van der Waals surface area contributed by atoms with E-state index < -0.39 is 12.0 Å². The normalized spacial score (nSPS) is 14.9. The molecule has 1 saturated heterocycles. The number of esters is 1. The molecule has 2 aromatic carbocycles. The van der Waals surface area contributed by atoms with Gasteiger partial charge >= 0.3 is 5.97 Å². The van der Waals surface area contributed by atoms with Gasteiger partial charge in [-0.1, -0.05) is 74.7 Å². The van der Waals surface area contributed by atoms with E-state index in [1.54, 1.807) is 24.3 Å². The lowest BCUT2D eigenvalue weighted by molar-refractivity contribution is -0.146. The van der Waals surface area contributed by atoms with Crippen molar-refractivity contribution in [3.8, 4) is 0 Å². The Balaban J connectivity index is 1.38. The van der Waals surface area contributed by atoms with Gasteiger partial charge in [0.05, 0.1) is 6.61 Å². The summed E-state index contributed by atoms with van der Waals surface area (Å²) < 4.78 is 5.44. The molecule has 0 saturated carbocycles. The molecule has 1 aliphatic heterocycles. The first-order valence-corrected chi connectivity index (χ1v) is 14.6. The minimum Gasteiger partial charge on any atom is -0.464 e. The van der Waals surface area contributed by atoms with Crippen molar-refractivity contribution in [2.24, 2.45) is 5.92 Å². The number of ether oxygens (including phenoxy) is 1. The summed E-state index contributed by atoms with van der Waals surface area (Å²) in [6, 6.07) is 18.5. The maximum Gasteiger partial charge on any atom is 0.328 e. The first kappa shape index (κ1) is 30.4. The monoisotopic (exact) mass is 535 g/mol. The van der Waals surface area contributed by atoms with Gasteiger partial charge in [-0.3, -0.25) is 14.5 Å². The van der Waals surface area contributed by atoms with Gasteiger partial charge in [-0.05, 0) is 68.8 Å². The molecule has 212 valence electrons. The van der Waals surface area contributed by atoms with Crippen LogP contribution in [0.2, 0.25) is 0 Å². The summed E-state index contributed by atoms with van der Waals surface area (Å²) in [4.78, 5) is 40.5. The van der Waals surface area contributed by atoms with E-state index >= 15 is 0 Å². The Morgan fingerprint density at radius 2 is 1.64 bits per heavy atom. The van der Waals surface area contributed by atoms with Crippen LogP contribution in [0.25, 0.3) is 0 Å². The molecule has 0 unspecified atom stereocenters. The Morgan fingerprint density at radius 3 is 2.33 bits per heavy atom. The van der Waals surface area contributed by atoms with Gasteiger partial charge in [0.25, 0.3) is 5.91 Å². The van der Waals surface area contributed by atoms with Gasteiger partial charge in [0.1, 0.15) is 6.04 Å². The Morgan fingerprint density at radius 1 is 0.949 bits per heavy atom. The van der Waals surface area contributed by atoms with Crippen molar-refractivity contribution >= 4 is 17.8 Å². The van der Waals surface area contributed by atoms with Gasteiger partial charge < -0.3 is 15.4 Å². The summed E-state index contributed by atoms with van der Waals surface area (Å²) >= 11 is 0. The van der Waals surface area contributed by atoms with Crippen LogP contribution in [0.1, 0.15) is 80.6 Å². The van der Waals surface area contributed by atoms with Gasteiger partial charge in [-0.15, -0.1) is 0 Å².